The van der Waals surface area contributed by atoms with E-state index in [2.05, 4.69) is 30.5 Å². The van der Waals surface area contributed by atoms with Crippen molar-refractivity contribution in [3.63, 3.8) is 0 Å². The number of β-amino-alcohol motifs (C(OH)–C–C–N with tert-alkyl or cyclic N) is 1. The molecule has 2 atom stereocenters. The molecule has 1 saturated heterocycles. The van der Waals surface area contributed by atoms with E-state index in [1.54, 1.807) is 25.5 Å². The van der Waals surface area contributed by atoms with E-state index in [-0.39, 0.29) is 16.6 Å². The molecular weight excluding hydrogens is 535 g/mol. The maximum atomic E-state index is 13.2. The van der Waals surface area contributed by atoms with Gasteiger partial charge in [-0.3, -0.25) is 9.36 Å². The number of aliphatic hydroxyl groups is 1. The van der Waals surface area contributed by atoms with Crippen LogP contribution in [0.1, 0.15) is 60.7 Å². The molecule has 6 rings (SSSR count). The number of alkyl halides is 3. The molecule has 3 aliphatic rings. The molecule has 0 spiro atoms. The average Bonchev–Trinajstić information content (AvgIpc) is 3.24. The SMILES string of the molecule is C[C@H](n1cnnc1C1=NC(NC(=O)c2cc(-n3cnc(C4CC4)c3)c(N3CC(C)(O)C3)cn2)CS1)C(F)(F)F. The van der Waals surface area contributed by atoms with Crippen molar-refractivity contribution in [3.05, 3.63) is 48.3 Å². The van der Waals surface area contributed by atoms with Gasteiger partial charge in [0.25, 0.3) is 5.91 Å². The fourth-order valence-corrected chi connectivity index (χ4v) is 5.60. The Morgan fingerprint density at radius 1 is 1.23 bits per heavy atom. The number of hydrogen-bond donors (Lipinski definition) is 2. The Morgan fingerprint density at radius 2 is 2.00 bits per heavy atom. The van der Waals surface area contributed by atoms with Crippen LogP contribution < -0.4 is 10.2 Å². The fourth-order valence-electron chi connectivity index (χ4n) is 4.65. The first-order valence-corrected chi connectivity index (χ1v) is 13.5. The van der Waals surface area contributed by atoms with E-state index in [9.17, 15) is 23.1 Å². The lowest BCUT2D eigenvalue weighted by atomic mass is 9.96. The predicted molar refractivity (Wildman–Crippen MR) is 137 cm³/mol. The number of aromatic nitrogens is 6. The van der Waals surface area contributed by atoms with Gasteiger partial charge in [-0.25, -0.2) is 15.0 Å². The number of amides is 1. The lowest BCUT2D eigenvalue weighted by Crippen LogP contribution is -2.60. The number of nitrogens with one attached hydrogen (secondary N) is 1. The Morgan fingerprint density at radius 3 is 2.69 bits per heavy atom. The molecule has 39 heavy (non-hydrogen) atoms. The van der Waals surface area contributed by atoms with Crippen LogP contribution in [-0.2, 0) is 0 Å². The fraction of sp³-hybridized carbons (Fsp3) is 0.500. The van der Waals surface area contributed by atoms with E-state index in [1.165, 1.54) is 11.8 Å². The summed E-state index contributed by atoms with van der Waals surface area (Å²) in [5.74, 6) is 0.319. The minimum Gasteiger partial charge on any atom is -0.386 e. The number of carbonyl (C=O) groups is 1. The highest BCUT2D eigenvalue weighted by Gasteiger charge is 2.40. The van der Waals surface area contributed by atoms with Crippen LogP contribution in [-0.4, -0.2) is 82.1 Å². The normalized spacial score (nSPS) is 21.4. The molecular formula is C24H26F3N9O2S. The van der Waals surface area contributed by atoms with Gasteiger partial charge < -0.3 is 19.9 Å². The third-order valence-electron chi connectivity index (χ3n) is 6.98. The minimum absolute atomic E-state index is 0.00310. The number of imidazole rings is 1. The summed E-state index contributed by atoms with van der Waals surface area (Å²) in [7, 11) is 0. The largest absolute Gasteiger partial charge is 0.408 e. The van der Waals surface area contributed by atoms with Crippen LogP contribution >= 0.6 is 11.8 Å². The molecule has 3 aromatic rings. The Balaban J connectivity index is 1.22. The monoisotopic (exact) mass is 561 g/mol. The standard InChI is InChI=1S/C24H26F3N9O2S/c1-13(24(25,26)27)36-12-30-33-20(36)22-32-19(8-39-22)31-21(37)15-5-17(34-7-16(29-11-34)14-3-4-14)18(6-28-15)35-9-23(2,38)10-35/h5-7,11-14,19,38H,3-4,8-10H2,1-2H3,(H,31,37)/t13-,19?/m0/s1. The van der Waals surface area contributed by atoms with E-state index in [0.29, 0.717) is 30.4 Å². The summed E-state index contributed by atoms with van der Waals surface area (Å²) < 4.78 is 42.5. The van der Waals surface area contributed by atoms with Crippen LogP contribution in [0.25, 0.3) is 5.69 Å². The van der Waals surface area contributed by atoms with Gasteiger partial charge in [-0.15, -0.1) is 10.2 Å². The first kappa shape index (κ1) is 25.8. The quantitative estimate of drug-likeness (QED) is 0.451. The molecule has 15 heteroatoms. The first-order chi connectivity index (χ1) is 18.5. The molecule has 2 aliphatic heterocycles. The van der Waals surface area contributed by atoms with Gasteiger partial charge in [0.05, 0.1) is 35.2 Å². The van der Waals surface area contributed by atoms with Crippen molar-refractivity contribution >= 4 is 28.4 Å². The molecule has 0 aromatic carbocycles. The molecule has 3 aromatic heterocycles. The maximum absolute atomic E-state index is 13.2. The zero-order valence-electron chi connectivity index (χ0n) is 21.1. The second-order valence-corrected chi connectivity index (χ2v) is 11.4. The van der Waals surface area contributed by atoms with Crippen LogP contribution in [0, 0.1) is 0 Å². The number of halogens is 3. The van der Waals surface area contributed by atoms with Crippen molar-refractivity contribution in [2.75, 3.05) is 23.7 Å². The number of rotatable bonds is 7. The van der Waals surface area contributed by atoms with Crippen LogP contribution in [0.2, 0.25) is 0 Å². The smallest absolute Gasteiger partial charge is 0.386 e. The molecule has 1 aliphatic carbocycles. The Hall–Kier alpha value is -3.46. The minimum atomic E-state index is -4.47. The third kappa shape index (κ3) is 5.12. The number of thioether (sulfide) groups is 1. The van der Waals surface area contributed by atoms with Crippen LogP contribution in [0.15, 0.2) is 36.1 Å². The van der Waals surface area contributed by atoms with Gasteiger partial charge in [0.15, 0.2) is 5.82 Å². The van der Waals surface area contributed by atoms with E-state index in [4.69, 9.17) is 0 Å². The number of carbonyl (C=O) groups excluding carboxylic acids is 1. The van der Waals surface area contributed by atoms with Crippen molar-refractivity contribution in [2.45, 2.75) is 56.6 Å². The summed E-state index contributed by atoms with van der Waals surface area (Å²) in [5.41, 5.74) is 1.85. The summed E-state index contributed by atoms with van der Waals surface area (Å²) in [4.78, 5) is 28.4. The Kier molecular flexibility index (Phi) is 6.17. The highest BCUT2D eigenvalue weighted by Crippen LogP contribution is 2.40. The Bertz CT molecular complexity index is 1440. The van der Waals surface area contributed by atoms with Gasteiger partial charge in [-0.2, -0.15) is 13.2 Å². The maximum Gasteiger partial charge on any atom is 0.408 e. The van der Waals surface area contributed by atoms with Crippen molar-refractivity contribution < 1.29 is 23.1 Å². The van der Waals surface area contributed by atoms with Gasteiger partial charge in [0.1, 0.15) is 29.3 Å². The van der Waals surface area contributed by atoms with Gasteiger partial charge >= 0.3 is 6.18 Å². The summed E-state index contributed by atoms with van der Waals surface area (Å²) in [6, 6.07) is -0.149. The molecule has 2 fully saturated rings. The molecule has 0 bridgehead atoms. The first-order valence-electron chi connectivity index (χ1n) is 12.5. The second-order valence-electron chi connectivity index (χ2n) is 10.4. The zero-order chi connectivity index (χ0) is 27.5. The molecule has 2 N–H and O–H groups in total. The van der Waals surface area contributed by atoms with Gasteiger partial charge in [0, 0.05) is 31.0 Å². The second kappa shape index (κ2) is 9.33. The molecule has 11 nitrogen and oxygen atoms in total. The van der Waals surface area contributed by atoms with E-state index >= 15 is 0 Å². The third-order valence-corrected chi connectivity index (χ3v) is 8.02. The predicted octanol–water partition coefficient (Wildman–Crippen LogP) is 2.68. The molecule has 206 valence electrons. The number of pyridine rings is 1. The highest BCUT2D eigenvalue weighted by molar-refractivity contribution is 8.14. The zero-order valence-corrected chi connectivity index (χ0v) is 21.9. The van der Waals surface area contributed by atoms with Gasteiger partial charge in [0.2, 0.25) is 0 Å². The van der Waals surface area contributed by atoms with Crippen LogP contribution in [0.4, 0.5) is 18.9 Å². The van der Waals surface area contributed by atoms with Crippen molar-refractivity contribution in [2.24, 2.45) is 4.99 Å². The van der Waals surface area contributed by atoms with Crippen molar-refractivity contribution in [3.8, 4) is 5.69 Å². The lowest BCUT2D eigenvalue weighted by Gasteiger charge is -2.46. The topological polar surface area (TPSA) is 126 Å². The molecule has 5 heterocycles. The number of nitrogens with zero attached hydrogens (tertiary/aromatic N) is 8. The molecule has 1 amide bonds. The van der Waals surface area contributed by atoms with Crippen LogP contribution in [0.3, 0.4) is 0 Å². The van der Waals surface area contributed by atoms with Gasteiger partial charge in [-0.1, -0.05) is 11.8 Å². The Labute approximate surface area is 225 Å². The summed E-state index contributed by atoms with van der Waals surface area (Å²) >= 11 is 1.20. The molecule has 1 unspecified atom stereocenters. The van der Waals surface area contributed by atoms with E-state index in [1.807, 2.05) is 15.7 Å². The van der Waals surface area contributed by atoms with E-state index < -0.39 is 29.9 Å². The number of hydrogen-bond acceptors (Lipinski definition) is 9. The summed E-state index contributed by atoms with van der Waals surface area (Å²) in [5, 5.41) is 20.8. The van der Waals surface area contributed by atoms with E-state index in [0.717, 1.165) is 42.0 Å². The summed E-state index contributed by atoms with van der Waals surface area (Å²) in [6.07, 6.45) is 3.38. The average molecular weight is 562 g/mol. The number of aliphatic imine (C=N–C) groups is 1. The highest BCUT2D eigenvalue weighted by atomic mass is 32.2. The summed E-state index contributed by atoms with van der Waals surface area (Å²) in [6.45, 7) is 3.66. The number of anilines is 1. The molecule has 1 saturated carbocycles. The van der Waals surface area contributed by atoms with Crippen molar-refractivity contribution in [1.29, 1.82) is 0 Å². The lowest BCUT2D eigenvalue weighted by molar-refractivity contribution is -0.163. The van der Waals surface area contributed by atoms with Crippen LogP contribution in [0.5, 0.6) is 0 Å². The van der Waals surface area contributed by atoms with Crippen molar-refractivity contribution in [1.82, 2.24) is 34.6 Å². The van der Waals surface area contributed by atoms with Gasteiger partial charge in [-0.05, 0) is 32.8 Å². The molecule has 0 radical (unpaired) electrons.